The number of piperidine rings is 1. The third-order valence-electron chi connectivity index (χ3n) is 7.13. The summed E-state index contributed by atoms with van der Waals surface area (Å²) in [6, 6.07) is 15.6. The fourth-order valence-corrected chi connectivity index (χ4v) is 4.98. The van der Waals surface area contributed by atoms with Gasteiger partial charge in [-0.25, -0.2) is 4.98 Å². The van der Waals surface area contributed by atoms with Gasteiger partial charge in [0.2, 0.25) is 5.95 Å². The lowest BCUT2D eigenvalue weighted by atomic mass is 10.1. The molecule has 0 amide bonds. The fraction of sp³-hybridized carbons (Fsp3) is 0.500. The standard InChI is InChI=1S/C26H35N4O5/c1-30(2)12-10-18(11-13-30)34-19-7-5-6-17(14-19)15-27-26-28-20-8-3-4-9-21(20)29(26)25-24(33)23(32)22(16-31)35-25/h3-9,14,18,22-25,31-33H,10-13,15-16H2,1-2H3,(H,27,28)/q+1/t22-,23-,24-,25-/m1/s1. The van der Waals surface area contributed by atoms with Crippen LogP contribution in [0.15, 0.2) is 48.5 Å². The molecule has 2 aromatic carbocycles. The minimum Gasteiger partial charge on any atom is -0.490 e. The van der Waals surface area contributed by atoms with Crippen molar-refractivity contribution in [3.63, 3.8) is 0 Å². The number of aromatic nitrogens is 2. The summed E-state index contributed by atoms with van der Waals surface area (Å²) in [5.41, 5.74) is 2.54. The third-order valence-corrected chi connectivity index (χ3v) is 7.13. The van der Waals surface area contributed by atoms with E-state index in [-0.39, 0.29) is 12.7 Å². The molecule has 2 fully saturated rings. The average molecular weight is 484 g/mol. The predicted molar refractivity (Wildman–Crippen MR) is 132 cm³/mol. The first kappa shape index (κ1) is 24.0. The first-order valence-electron chi connectivity index (χ1n) is 12.3. The van der Waals surface area contributed by atoms with Gasteiger partial charge >= 0.3 is 0 Å². The summed E-state index contributed by atoms with van der Waals surface area (Å²) in [4.78, 5) is 4.70. The quantitative estimate of drug-likeness (QED) is 0.380. The molecule has 3 heterocycles. The van der Waals surface area contributed by atoms with Crippen molar-refractivity contribution in [3.8, 4) is 5.75 Å². The van der Waals surface area contributed by atoms with E-state index in [9.17, 15) is 15.3 Å². The molecule has 1 aromatic heterocycles. The molecule has 9 nitrogen and oxygen atoms in total. The lowest BCUT2D eigenvalue weighted by molar-refractivity contribution is -0.895. The molecule has 4 atom stereocenters. The normalized spacial score (nSPS) is 26.8. The van der Waals surface area contributed by atoms with Gasteiger partial charge in [-0.05, 0) is 29.8 Å². The van der Waals surface area contributed by atoms with Gasteiger partial charge in [-0.2, -0.15) is 0 Å². The molecule has 0 aliphatic carbocycles. The Balaban J connectivity index is 1.33. The molecule has 2 aliphatic heterocycles. The Hall–Kier alpha value is -2.69. The Morgan fingerprint density at radius 3 is 2.60 bits per heavy atom. The topological polar surface area (TPSA) is 109 Å². The van der Waals surface area contributed by atoms with Crippen molar-refractivity contribution < 1.29 is 29.3 Å². The van der Waals surface area contributed by atoms with Gasteiger partial charge in [0, 0.05) is 19.4 Å². The Morgan fingerprint density at radius 1 is 1.09 bits per heavy atom. The minimum atomic E-state index is -1.19. The molecule has 3 aromatic rings. The number of hydrogen-bond donors (Lipinski definition) is 4. The molecule has 4 N–H and O–H groups in total. The van der Waals surface area contributed by atoms with Crippen LogP contribution in [-0.2, 0) is 11.3 Å². The fourth-order valence-electron chi connectivity index (χ4n) is 4.98. The van der Waals surface area contributed by atoms with Crippen LogP contribution in [0.4, 0.5) is 5.95 Å². The smallest absolute Gasteiger partial charge is 0.206 e. The van der Waals surface area contributed by atoms with Crippen molar-refractivity contribution in [2.45, 2.75) is 50.0 Å². The van der Waals surface area contributed by atoms with E-state index < -0.39 is 24.5 Å². The van der Waals surface area contributed by atoms with E-state index in [4.69, 9.17) is 14.5 Å². The molecule has 2 saturated heterocycles. The van der Waals surface area contributed by atoms with E-state index in [2.05, 4.69) is 19.4 Å². The number of anilines is 1. The third kappa shape index (κ3) is 5.00. The zero-order valence-electron chi connectivity index (χ0n) is 20.2. The van der Waals surface area contributed by atoms with Crippen LogP contribution in [0.2, 0.25) is 0 Å². The maximum atomic E-state index is 10.6. The van der Waals surface area contributed by atoms with Crippen LogP contribution in [-0.4, -0.2) is 87.6 Å². The summed E-state index contributed by atoms with van der Waals surface area (Å²) in [7, 11) is 4.52. The number of para-hydroxylation sites is 2. The monoisotopic (exact) mass is 483 g/mol. The van der Waals surface area contributed by atoms with Gasteiger partial charge in [-0.3, -0.25) is 4.57 Å². The summed E-state index contributed by atoms with van der Waals surface area (Å²) in [5.74, 6) is 1.37. The summed E-state index contributed by atoms with van der Waals surface area (Å²) in [6.07, 6.45) is -1.78. The van der Waals surface area contributed by atoms with E-state index in [0.717, 1.165) is 52.8 Å². The number of rotatable bonds is 7. The molecule has 5 rings (SSSR count). The van der Waals surface area contributed by atoms with Gasteiger partial charge < -0.3 is 34.6 Å². The largest absolute Gasteiger partial charge is 0.490 e. The molecule has 0 spiro atoms. The number of ether oxygens (including phenoxy) is 2. The maximum absolute atomic E-state index is 10.6. The second-order valence-corrected chi connectivity index (χ2v) is 10.2. The molecule has 0 unspecified atom stereocenters. The van der Waals surface area contributed by atoms with Crippen molar-refractivity contribution in [2.75, 3.05) is 39.1 Å². The average Bonchev–Trinajstić information content (AvgIpc) is 3.36. The Morgan fingerprint density at radius 2 is 1.86 bits per heavy atom. The number of nitrogens with one attached hydrogen (secondary N) is 1. The van der Waals surface area contributed by atoms with Crippen LogP contribution in [0.1, 0.15) is 24.6 Å². The van der Waals surface area contributed by atoms with Crippen molar-refractivity contribution in [1.82, 2.24) is 9.55 Å². The molecule has 188 valence electrons. The maximum Gasteiger partial charge on any atom is 0.206 e. The molecule has 35 heavy (non-hydrogen) atoms. The van der Waals surface area contributed by atoms with E-state index in [0.29, 0.717) is 12.5 Å². The van der Waals surface area contributed by atoms with E-state index >= 15 is 0 Å². The molecular formula is C26H35N4O5+. The Labute approximate surface area is 205 Å². The van der Waals surface area contributed by atoms with Crippen LogP contribution in [0.25, 0.3) is 11.0 Å². The first-order valence-corrected chi connectivity index (χ1v) is 12.3. The zero-order valence-corrected chi connectivity index (χ0v) is 20.2. The zero-order chi connectivity index (χ0) is 24.6. The molecule has 2 aliphatic rings. The van der Waals surface area contributed by atoms with Crippen molar-refractivity contribution in [3.05, 3.63) is 54.1 Å². The number of benzene rings is 2. The number of hydrogen-bond acceptors (Lipinski definition) is 7. The number of fused-ring (bicyclic) bond motifs is 1. The lowest BCUT2D eigenvalue weighted by Gasteiger charge is -2.37. The Kier molecular flexibility index (Phi) is 6.69. The summed E-state index contributed by atoms with van der Waals surface area (Å²) < 4.78 is 14.9. The summed E-state index contributed by atoms with van der Waals surface area (Å²) in [5, 5.41) is 33.8. The first-order chi connectivity index (χ1) is 16.8. The van der Waals surface area contributed by atoms with Crippen LogP contribution in [0.3, 0.4) is 0 Å². The van der Waals surface area contributed by atoms with Gasteiger partial charge in [0.1, 0.15) is 30.2 Å². The van der Waals surface area contributed by atoms with Crippen LogP contribution in [0.5, 0.6) is 5.75 Å². The van der Waals surface area contributed by atoms with E-state index in [1.165, 1.54) is 0 Å². The van der Waals surface area contributed by atoms with Gasteiger partial charge in [-0.1, -0.05) is 24.3 Å². The van der Waals surface area contributed by atoms with Crippen molar-refractivity contribution in [1.29, 1.82) is 0 Å². The van der Waals surface area contributed by atoms with Crippen molar-refractivity contribution in [2.24, 2.45) is 0 Å². The summed E-state index contributed by atoms with van der Waals surface area (Å²) >= 11 is 0. The SMILES string of the molecule is C[N+]1(C)CCC(Oc2cccc(CNc3nc4ccccc4n3[C@@H]3O[C@H](CO)[C@@H](O)[C@H]3O)c2)CC1. The second-order valence-electron chi connectivity index (χ2n) is 10.2. The molecule has 0 radical (unpaired) electrons. The Bertz CT molecular complexity index is 1160. The van der Waals surface area contributed by atoms with Crippen molar-refractivity contribution >= 4 is 17.0 Å². The number of nitrogens with zero attached hydrogens (tertiary/aromatic N) is 3. The highest BCUT2D eigenvalue weighted by Crippen LogP contribution is 2.35. The highest BCUT2D eigenvalue weighted by Gasteiger charge is 2.44. The molecular weight excluding hydrogens is 448 g/mol. The molecule has 0 saturated carbocycles. The highest BCUT2D eigenvalue weighted by molar-refractivity contribution is 5.78. The van der Waals surface area contributed by atoms with Gasteiger partial charge in [0.25, 0.3) is 0 Å². The number of imidazole rings is 1. The van der Waals surface area contributed by atoms with E-state index in [1.807, 2.05) is 48.5 Å². The predicted octanol–water partition coefficient (Wildman–Crippen LogP) is 1.88. The minimum absolute atomic E-state index is 0.237. The highest BCUT2D eigenvalue weighted by atomic mass is 16.6. The van der Waals surface area contributed by atoms with Crippen LogP contribution >= 0.6 is 0 Å². The van der Waals surface area contributed by atoms with Gasteiger partial charge in [0.05, 0.1) is 44.8 Å². The van der Waals surface area contributed by atoms with Gasteiger partial charge in [-0.15, -0.1) is 0 Å². The summed E-state index contributed by atoms with van der Waals surface area (Å²) in [6.45, 7) is 2.34. The van der Waals surface area contributed by atoms with E-state index in [1.54, 1.807) is 4.57 Å². The number of aliphatic hydroxyl groups excluding tert-OH is 3. The molecule has 9 heteroatoms. The number of quaternary nitrogens is 1. The second kappa shape index (κ2) is 9.75. The van der Waals surface area contributed by atoms with Crippen LogP contribution in [0, 0.1) is 0 Å². The van der Waals surface area contributed by atoms with Crippen LogP contribution < -0.4 is 10.1 Å². The number of aliphatic hydroxyl groups is 3. The lowest BCUT2D eigenvalue weighted by Crippen LogP contribution is -2.48. The molecule has 0 bridgehead atoms. The van der Waals surface area contributed by atoms with Gasteiger partial charge in [0.15, 0.2) is 6.23 Å². The number of likely N-dealkylation sites (tertiary alicyclic amines) is 1.